The van der Waals surface area contributed by atoms with Crippen LogP contribution >= 0.6 is 0 Å². The number of carbonyl (C=O) groups excluding carboxylic acids is 1. The van der Waals surface area contributed by atoms with Gasteiger partial charge in [-0.15, -0.1) is 0 Å². The minimum atomic E-state index is -1.08. The summed E-state index contributed by atoms with van der Waals surface area (Å²) in [7, 11) is 0. The summed E-state index contributed by atoms with van der Waals surface area (Å²) in [5, 5.41) is 19.4. The Labute approximate surface area is 144 Å². The van der Waals surface area contributed by atoms with Crippen LogP contribution in [0.2, 0.25) is 0 Å². The van der Waals surface area contributed by atoms with E-state index in [1.807, 2.05) is 25.1 Å². The Hall–Kier alpha value is -3.34. The zero-order chi connectivity index (χ0) is 18.0. The second kappa shape index (κ2) is 6.65. The van der Waals surface area contributed by atoms with Crippen LogP contribution in [0, 0.1) is 6.92 Å². The zero-order valence-corrected chi connectivity index (χ0v) is 13.6. The Morgan fingerprint density at radius 3 is 2.24 bits per heavy atom. The summed E-state index contributed by atoms with van der Waals surface area (Å²) in [4.78, 5) is 24.1. The van der Waals surface area contributed by atoms with Crippen molar-refractivity contribution < 1.29 is 19.8 Å². The number of nitrogens with zero attached hydrogens (tertiary/aromatic N) is 1. The molecule has 1 heterocycles. The van der Waals surface area contributed by atoms with Gasteiger partial charge in [-0.3, -0.25) is 9.59 Å². The second-order valence-corrected chi connectivity index (χ2v) is 5.80. The van der Waals surface area contributed by atoms with E-state index < -0.39 is 5.97 Å². The van der Waals surface area contributed by atoms with Gasteiger partial charge in [-0.05, 0) is 19.1 Å². The molecule has 0 saturated heterocycles. The number of ketones is 1. The van der Waals surface area contributed by atoms with Crippen LogP contribution in [-0.2, 0) is 11.2 Å². The summed E-state index contributed by atoms with van der Waals surface area (Å²) in [6.07, 6.45) is -0.387. The summed E-state index contributed by atoms with van der Waals surface area (Å²) in [5.74, 6) is -1.57. The molecule has 0 bridgehead atoms. The fourth-order valence-electron chi connectivity index (χ4n) is 2.74. The van der Waals surface area contributed by atoms with Crippen molar-refractivity contribution in [3.8, 4) is 11.4 Å². The minimum absolute atomic E-state index is 0.175. The molecule has 0 fully saturated rings. The molecule has 0 aliphatic carbocycles. The van der Waals surface area contributed by atoms with Gasteiger partial charge >= 0.3 is 5.97 Å². The van der Waals surface area contributed by atoms with Crippen molar-refractivity contribution in [3.05, 3.63) is 83.2 Å². The Morgan fingerprint density at radius 2 is 1.64 bits per heavy atom. The number of carboxylic acid groups (broad SMARTS) is 1. The lowest BCUT2D eigenvalue weighted by Gasteiger charge is -2.12. The molecular weight excluding hydrogens is 318 g/mol. The van der Waals surface area contributed by atoms with E-state index in [9.17, 15) is 14.7 Å². The van der Waals surface area contributed by atoms with Crippen LogP contribution in [-0.4, -0.2) is 26.5 Å². The molecule has 5 heteroatoms. The van der Waals surface area contributed by atoms with E-state index in [-0.39, 0.29) is 29.3 Å². The van der Waals surface area contributed by atoms with Crippen molar-refractivity contribution >= 4 is 11.8 Å². The number of aromatic hydroxyl groups is 1. The van der Waals surface area contributed by atoms with Crippen molar-refractivity contribution in [2.24, 2.45) is 0 Å². The summed E-state index contributed by atoms with van der Waals surface area (Å²) in [6.45, 7) is 1.93. The highest BCUT2D eigenvalue weighted by molar-refractivity contribution is 6.09. The van der Waals surface area contributed by atoms with Gasteiger partial charge in [0.25, 0.3) is 0 Å². The highest BCUT2D eigenvalue weighted by Gasteiger charge is 2.23. The van der Waals surface area contributed by atoms with Gasteiger partial charge in [0.05, 0.1) is 17.8 Å². The van der Waals surface area contributed by atoms with Crippen molar-refractivity contribution in [2.75, 3.05) is 0 Å². The molecule has 0 aliphatic rings. The average Bonchev–Trinajstić information content (AvgIpc) is 2.92. The van der Waals surface area contributed by atoms with Gasteiger partial charge in [0.15, 0.2) is 0 Å². The molecule has 25 heavy (non-hydrogen) atoms. The Balaban J connectivity index is 2.17. The molecule has 3 rings (SSSR count). The standard InChI is InChI=1S/C20H17NO4/c1-13-7-9-14(10-8-13)20(25)17-11-18(22)16(12-19(23)24)21(17)15-5-3-2-4-6-15/h2-11,22H,12H2,1H3,(H,23,24). The van der Waals surface area contributed by atoms with E-state index in [4.69, 9.17) is 5.11 Å². The van der Waals surface area contributed by atoms with Gasteiger partial charge in [-0.25, -0.2) is 0 Å². The van der Waals surface area contributed by atoms with Crippen LogP contribution < -0.4 is 0 Å². The predicted molar refractivity (Wildman–Crippen MR) is 93.4 cm³/mol. The molecule has 0 amide bonds. The number of carbonyl (C=O) groups is 2. The van der Waals surface area contributed by atoms with Gasteiger partial charge in [0, 0.05) is 17.3 Å². The molecule has 0 atom stereocenters. The first-order valence-electron chi connectivity index (χ1n) is 7.79. The van der Waals surface area contributed by atoms with Gasteiger partial charge in [-0.2, -0.15) is 0 Å². The quantitative estimate of drug-likeness (QED) is 0.701. The number of aliphatic carboxylic acids is 1. The largest absolute Gasteiger partial charge is 0.506 e. The lowest BCUT2D eigenvalue weighted by Crippen LogP contribution is -2.13. The maximum absolute atomic E-state index is 12.9. The number of para-hydroxylation sites is 1. The summed E-state index contributed by atoms with van der Waals surface area (Å²) in [6, 6.07) is 17.4. The topological polar surface area (TPSA) is 79.5 Å². The van der Waals surface area contributed by atoms with Crippen LogP contribution in [0.1, 0.15) is 27.3 Å². The highest BCUT2D eigenvalue weighted by atomic mass is 16.4. The van der Waals surface area contributed by atoms with E-state index in [1.54, 1.807) is 36.4 Å². The third kappa shape index (κ3) is 3.30. The first-order chi connectivity index (χ1) is 12.0. The van der Waals surface area contributed by atoms with Crippen molar-refractivity contribution in [2.45, 2.75) is 13.3 Å². The van der Waals surface area contributed by atoms with E-state index in [2.05, 4.69) is 0 Å². The van der Waals surface area contributed by atoms with Crippen LogP contribution in [0.3, 0.4) is 0 Å². The first kappa shape index (κ1) is 16.5. The summed E-state index contributed by atoms with van der Waals surface area (Å²) >= 11 is 0. The van der Waals surface area contributed by atoms with Gasteiger partial charge in [0.2, 0.25) is 5.78 Å². The molecular formula is C20H17NO4. The molecule has 3 aromatic rings. The monoisotopic (exact) mass is 335 g/mol. The van der Waals surface area contributed by atoms with Crippen LogP contribution in [0.15, 0.2) is 60.7 Å². The Morgan fingerprint density at radius 1 is 1.00 bits per heavy atom. The number of aryl methyl sites for hydroxylation is 1. The van der Waals surface area contributed by atoms with E-state index >= 15 is 0 Å². The van der Waals surface area contributed by atoms with Crippen molar-refractivity contribution in [1.29, 1.82) is 0 Å². The number of aromatic nitrogens is 1. The SMILES string of the molecule is Cc1ccc(C(=O)c2cc(O)c(CC(=O)O)n2-c2ccccc2)cc1. The maximum atomic E-state index is 12.9. The third-order valence-electron chi connectivity index (χ3n) is 3.96. The maximum Gasteiger partial charge on any atom is 0.309 e. The van der Waals surface area contributed by atoms with Crippen molar-refractivity contribution in [1.82, 2.24) is 4.57 Å². The number of rotatable bonds is 5. The Kier molecular flexibility index (Phi) is 4.39. The van der Waals surface area contributed by atoms with Crippen LogP contribution in [0.25, 0.3) is 5.69 Å². The summed E-state index contributed by atoms with van der Waals surface area (Å²) in [5.41, 5.74) is 2.53. The molecule has 126 valence electrons. The minimum Gasteiger partial charge on any atom is -0.506 e. The molecule has 5 nitrogen and oxygen atoms in total. The van der Waals surface area contributed by atoms with Crippen molar-refractivity contribution in [3.63, 3.8) is 0 Å². The molecule has 0 radical (unpaired) electrons. The van der Waals surface area contributed by atoms with Gasteiger partial charge in [-0.1, -0.05) is 48.0 Å². The molecule has 2 N–H and O–H groups in total. The fraction of sp³-hybridized carbons (Fsp3) is 0.100. The molecule has 0 aliphatic heterocycles. The second-order valence-electron chi connectivity index (χ2n) is 5.80. The zero-order valence-electron chi connectivity index (χ0n) is 13.6. The predicted octanol–water partition coefficient (Wildman–Crippen LogP) is 3.35. The van der Waals surface area contributed by atoms with E-state index in [0.717, 1.165) is 5.56 Å². The average molecular weight is 335 g/mol. The molecule has 1 aromatic heterocycles. The normalized spacial score (nSPS) is 10.6. The number of hydrogen-bond acceptors (Lipinski definition) is 3. The highest BCUT2D eigenvalue weighted by Crippen LogP contribution is 2.29. The summed E-state index contributed by atoms with van der Waals surface area (Å²) < 4.78 is 1.51. The van der Waals surface area contributed by atoms with Crippen LogP contribution in [0.4, 0.5) is 0 Å². The van der Waals surface area contributed by atoms with Gasteiger partial charge < -0.3 is 14.8 Å². The fourth-order valence-corrected chi connectivity index (χ4v) is 2.74. The lowest BCUT2D eigenvalue weighted by atomic mass is 10.1. The van der Waals surface area contributed by atoms with E-state index in [1.165, 1.54) is 10.6 Å². The van der Waals surface area contributed by atoms with E-state index in [0.29, 0.717) is 11.3 Å². The third-order valence-corrected chi connectivity index (χ3v) is 3.96. The number of benzene rings is 2. The number of hydrogen-bond donors (Lipinski definition) is 2. The van der Waals surface area contributed by atoms with Crippen LogP contribution in [0.5, 0.6) is 5.75 Å². The molecule has 0 unspecified atom stereocenters. The smallest absolute Gasteiger partial charge is 0.309 e. The lowest BCUT2D eigenvalue weighted by molar-refractivity contribution is -0.136. The van der Waals surface area contributed by atoms with Gasteiger partial charge in [0.1, 0.15) is 5.75 Å². The Bertz CT molecular complexity index is 924. The molecule has 0 saturated carbocycles. The molecule has 2 aromatic carbocycles. The first-order valence-corrected chi connectivity index (χ1v) is 7.79. The number of carboxylic acids is 1. The molecule has 0 spiro atoms.